The van der Waals surface area contributed by atoms with Gasteiger partial charge in [0.2, 0.25) is 0 Å². The van der Waals surface area contributed by atoms with Crippen molar-refractivity contribution in [3.8, 4) is 0 Å². The van der Waals surface area contributed by atoms with Crippen molar-refractivity contribution in [1.82, 2.24) is 0 Å². The van der Waals surface area contributed by atoms with Crippen molar-refractivity contribution in [3.63, 3.8) is 0 Å². The summed E-state index contributed by atoms with van der Waals surface area (Å²) in [4.78, 5) is 32.0. The predicted octanol–water partition coefficient (Wildman–Crippen LogP) is 4.81. The van der Waals surface area contributed by atoms with Crippen LogP contribution in [0.1, 0.15) is 126 Å². The van der Waals surface area contributed by atoms with Crippen molar-refractivity contribution in [2.24, 2.45) is 29.5 Å². The number of ketones is 1. The van der Waals surface area contributed by atoms with Crippen LogP contribution in [0.15, 0.2) is 0 Å². The summed E-state index contributed by atoms with van der Waals surface area (Å²) < 4.78 is 15.6. The van der Waals surface area contributed by atoms with Gasteiger partial charge in [0.15, 0.2) is 0 Å². The molecule has 0 unspecified atom stereocenters. The van der Waals surface area contributed by atoms with Crippen LogP contribution in [0.4, 0.5) is 0 Å². The van der Waals surface area contributed by atoms with Gasteiger partial charge in [0.25, 0.3) is 0 Å². The van der Waals surface area contributed by atoms with E-state index < -0.39 is 0 Å². The van der Waals surface area contributed by atoms with Crippen molar-refractivity contribution < 1.29 is 43.2 Å². The Morgan fingerprint density at radius 2 is 0.756 bits per heavy atom. The molecule has 0 bridgehead atoms. The maximum Gasteiger partial charge on any atom is 0.129 e. The van der Waals surface area contributed by atoms with E-state index in [-0.39, 0.29) is 13.2 Å². The topological polar surface area (TPSA) is 221 Å². The molecule has 0 aliphatic heterocycles. The summed E-state index contributed by atoms with van der Waals surface area (Å²) in [7, 11) is 0. The van der Waals surface area contributed by atoms with Gasteiger partial charge in [-0.15, -0.1) is 0 Å². The summed E-state index contributed by atoms with van der Waals surface area (Å²) in [6, 6.07) is 0. The Balaban J connectivity index is -0.000000110. The fraction of sp³-hybridized carbons (Fsp3) is 0.968. The van der Waals surface area contributed by atoms with Crippen LogP contribution in [0.3, 0.4) is 0 Å². The number of hydrogen-bond donors (Lipinski definition) is 5. The molecule has 10 N–H and O–H groups in total. The lowest BCUT2D eigenvalue weighted by molar-refractivity contribution is -0.117. The molecule has 0 aliphatic carbocycles. The lowest BCUT2D eigenvalue weighted by Crippen LogP contribution is -2.13. The van der Waals surface area contributed by atoms with Crippen LogP contribution in [0.25, 0.3) is 0 Å². The maximum atomic E-state index is 10.4. The Hall–Kier alpha value is -0.850. The highest BCUT2D eigenvalue weighted by Gasteiger charge is 1.93. The van der Waals surface area contributed by atoms with Crippen LogP contribution in [-0.2, 0) is 43.2 Å². The minimum absolute atomic E-state index is 0. The molecule has 45 heavy (non-hydrogen) atoms. The average molecular weight is 664 g/mol. The summed E-state index contributed by atoms with van der Waals surface area (Å²) in [5, 5.41) is 0. The van der Waals surface area contributed by atoms with Gasteiger partial charge in [-0.2, -0.15) is 0 Å². The van der Waals surface area contributed by atoms with Crippen LogP contribution in [0, 0.1) is 0 Å². The molecule has 0 fully saturated rings. The van der Waals surface area contributed by atoms with Gasteiger partial charge in [0.1, 0.15) is 5.78 Å². The van der Waals surface area contributed by atoms with Crippen molar-refractivity contribution in [2.75, 3.05) is 72.7 Å². The Bertz CT molecular complexity index is 424. The summed E-state index contributed by atoms with van der Waals surface area (Å²) >= 11 is 0. The van der Waals surface area contributed by atoms with Crippen LogP contribution < -0.4 is 29.5 Å². The van der Waals surface area contributed by atoms with E-state index in [0.717, 1.165) is 58.0 Å². The molecule has 0 aromatic heterocycles. The molecular weight excluding hydrogens is 586 g/mol. The van der Waals surface area contributed by atoms with Crippen molar-refractivity contribution >= 4 is 5.78 Å². The third-order valence-electron chi connectivity index (χ3n) is 5.03. The molecule has 0 amide bonds. The molecule has 0 spiro atoms. The van der Waals surface area contributed by atoms with Gasteiger partial charge in [-0.3, -0.25) is 0 Å². The normalized spacial score (nSPS) is 9.64. The van der Waals surface area contributed by atoms with Gasteiger partial charge >= 0.3 is 0 Å². The Kier molecular flexibility index (Phi) is 82.5. The highest BCUT2D eigenvalue weighted by atomic mass is 16.6. The molecule has 0 radical (unpaired) electrons. The number of Topliss-reactive ketones (excluding diaryl/α,β-unsaturated/α-hetero) is 1. The fourth-order valence-corrected chi connectivity index (χ4v) is 2.66. The smallest absolute Gasteiger partial charge is 0.129 e. The lowest BCUT2D eigenvalue weighted by atomic mass is 10.1. The first-order valence-electron chi connectivity index (χ1n) is 16.2. The van der Waals surface area contributed by atoms with Gasteiger partial charge in [-0.05, 0) is 45.4 Å². The monoisotopic (exact) mass is 664 g/mol. The maximum absolute atomic E-state index is 10.4. The zero-order chi connectivity index (χ0) is 34.2. The van der Waals surface area contributed by atoms with Crippen LogP contribution in [-0.4, -0.2) is 78.5 Å². The third kappa shape index (κ3) is 92.2. The second-order valence-corrected chi connectivity index (χ2v) is 9.47. The average Bonchev–Trinajstić information content (AvgIpc) is 3.02. The van der Waals surface area contributed by atoms with Gasteiger partial charge < -0.3 is 43.2 Å². The Morgan fingerprint density at radius 1 is 0.400 bits per heavy atom. The van der Waals surface area contributed by atoms with Gasteiger partial charge in [-0.1, -0.05) is 73.6 Å². The highest BCUT2D eigenvalue weighted by Crippen LogP contribution is 2.01. The van der Waals surface area contributed by atoms with E-state index in [2.05, 4.69) is 50.9 Å². The molecule has 280 valence electrons. The number of hydrogen-bond acceptors (Lipinski definition) is 14. The molecule has 14 nitrogen and oxygen atoms in total. The highest BCUT2D eigenvalue weighted by molar-refractivity contribution is 5.75. The second kappa shape index (κ2) is 65.7. The van der Waals surface area contributed by atoms with E-state index in [0.29, 0.717) is 72.5 Å². The van der Waals surface area contributed by atoms with Crippen LogP contribution in [0.2, 0.25) is 0 Å². The zero-order valence-corrected chi connectivity index (χ0v) is 29.0. The quantitative estimate of drug-likeness (QED) is 0.0560. The summed E-state index contributed by atoms with van der Waals surface area (Å²) in [6.45, 7) is 16.8. The summed E-state index contributed by atoms with van der Waals surface area (Å²) in [5.74, 6) is 24.1. The van der Waals surface area contributed by atoms with E-state index in [9.17, 15) is 4.79 Å². The number of rotatable bonds is 28. The molecule has 0 aliphatic rings. The van der Waals surface area contributed by atoms with E-state index in [1.807, 2.05) is 6.92 Å². The number of unbranched alkanes of at least 4 members (excludes halogenated alkanes) is 7. The van der Waals surface area contributed by atoms with Crippen molar-refractivity contribution in [1.29, 1.82) is 0 Å². The fourth-order valence-electron chi connectivity index (χ4n) is 2.66. The van der Waals surface area contributed by atoms with E-state index >= 15 is 0 Å². The molecule has 0 saturated heterocycles. The van der Waals surface area contributed by atoms with Crippen LogP contribution in [0.5, 0.6) is 0 Å². The second-order valence-electron chi connectivity index (χ2n) is 9.47. The molecule has 0 atom stereocenters. The molecule has 0 aromatic carbocycles. The number of carbonyl (C=O) groups excluding carboxylic acids is 1. The summed E-state index contributed by atoms with van der Waals surface area (Å²) in [6.07, 6.45) is 14.2. The zero-order valence-electron chi connectivity index (χ0n) is 29.0. The van der Waals surface area contributed by atoms with Gasteiger partial charge in [-0.25, -0.2) is 29.5 Å². The molecule has 14 heteroatoms. The molecular formula is C31H77N5O9. The van der Waals surface area contributed by atoms with Crippen molar-refractivity contribution in [2.45, 2.75) is 126 Å². The molecule has 0 saturated carbocycles. The number of ether oxygens (including phenoxy) is 3. The van der Waals surface area contributed by atoms with Crippen LogP contribution >= 0.6 is 0 Å². The first-order valence-corrected chi connectivity index (χ1v) is 16.2. The van der Waals surface area contributed by atoms with E-state index in [1.54, 1.807) is 6.92 Å². The lowest BCUT2D eigenvalue weighted by Gasteiger charge is -2.05. The largest absolute Gasteiger partial charge is 0.379 e. The SMILES string of the molecule is C.CC(=O)CCCCCON.CCCCCCCON.CCCCON.CCCOCCOCCOCCON.CCCON. The first kappa shape index (κ1) is 56.5. The minimum Gasteiger partial charge on any atom is -0.379 e. The predicted molar refractivity (Wildman–Crippen MR) is 183 cm³/mol. The van der Waals surface area contributed by atoms with E-state index in [4.69, 9.17) is 37.8 Å². The standard InChI is InChI=1S/C9H21NO4.C7H15NO2.C7H17NO.C4H11NO.C3H9NO.CH4/c1-2-3-11-4-5-12-6-7-13-8-9-14-10;1-7(9)5-3-2-4-6-10-8;1-2-3-4-5-6-7-9-8;1-2-3-4-6-5;1-2-3-5-4;/h2-10H2,1H3;2-6,8H2,1H3;2-8H2,1H3;2-5H2,1H3;2-4H2,1H3;1H4. The van der Waals surface area contributed by atoms with Crippen molar-refractivity contribution in [3.05, 3.63) is 0 Å². The number of nitrogens with two attached hydrogens (primary N) is 5. The third-order valence-corrected chi connectivity index (χ3v) is 5.03. The summed E-state index contributed by atoms with van der Waals surface area (Å²) in [5.41, 5.74) is 0. The van der Waals surface area contributed by atoms with Gasteiger partial charge in [0, 0.05) is 13.0 Å². The molecule has 0 rings (SSSR count). The van der Waals surface area contributed by atoms with E-state index in [1.165, 1.54) is 25.7 Å². The molecule has 0 heterocycles. The Morgan fingerprint density at radius 3 is 1.09 bits per heavy atom. The minimum atomic E-state index is 0. The molecule has 0 aromatic rings. The number of carbonyl (C=O) groups is 1. The van der Waals surface area contributed by atoms with Gasteiger partial charge in [0.05, 0.1) is 66.1 Å². The first-order chi connectivity index (χ1) is 21.4. The Labute approximate surface area is 276 Å².